The molecule has 1 fully saturated rings. The van der Waals surface area contributed by atoms with Crippen LogP contribution in [0.5, 0.6) is 5.75 Å². The second-order valence-corrected chi connectivity index (χ2v) is 5.02. The lowest BCUT2D eigenvalue weighted by molar-refractivity contribution is -0.00691. The molecule has 1 heterocycles. The molecule has 0 aromatic heterocycles. The van der Waals surface area contributed by atoms with Gasteiger partial charge in [0.25, 0.3) is 0 Å². The maximum Gasteiger partial charge on any atom is 0.187 e. The highest BCUT2D eigenvalue weighted by Crippen LogP contribution is 2.22. The Morgan fingerprint density at radius 3 is 1.82 bits per heavy atom. The summed E-state index contributed by atoms with van der Waals surface area (Å²) in [5.74, 6) is -2.84. The summed E-state index contributed by atoms with van der Waals surface area (Å²) in [4.78, 5) is 1.99. The van der Waals surface area contributed by atoms with Crippen LogP contribution in [-0.4, -0.2) is 62.7 Å². The molecule has 0 spiro atoms. The third kappa shape index (κ3) is 5.49. The maximum absolute atomic E-state index is 13.4. The van der Waals surface area contributed by atoms with Crippen LogP contribution in [0, 0.1) is 11.6 Å². The number of phenolic OH excluding ortho intramolecular Hbond substituents is 1. The van der Waals surface area contributed by atoms with E-state index < -0.39 is 17.4 Å². The lowest BCUT2D eigenvalue weighted by Gasteiger charge is -2.23. The first-order valence-corrected chi connectivity index (χ1v) is 7.29. The number of benzene rings is 1. The summed E-state index contributed by atoms with van der Waals surface area (Å²) in [5, 5.41) is 9.13. The van der Waals surface area contributed by atoms with Crippen molar-refractivity contribution in [1.29, 1.82) is 0 Å². The molecule has 0 atom stereocenters. The summed E-state index contributed by atoms with van der Waals surface area (Å²) in [6, 6.07) is 2.29. The Morgan fingerprint density at radius 1 is 0.864 bits per heavy atom. The Hall–Kier alpha value is -1.28. The van der Waals surface area contributed by atoms with Gasteiger partial charge in [-0.05, 0) is 17.7 Å². The minimum atomic E-state index is -0.950. The molecule has 1 aromatic rings. The summed E-state index contributed by atoms with van der Waals surface area (Å²) >= 11 is 0. The summed E-state index contributed by atoms with van der Waals surface area (Å²) in [6.07, 6.45) is 0. The topological polar surface area (TPSA) is 51.2 Å². The van der Waals surface area contributed by atoms with Gasteiger partial charge in [-0.2, -0.15) is 0 Å². The molecule has 0 bridgehead atoms. The van der Waals surface area contributed by atoms with E-state index in [9.17, 15) is 8.78 Å². The maximum atomic E-state index is 13.4. The average Bonchev–Trinajstić information content (AvgIpc) is 2.47. The van der Waals surface area contributed by atoms with Gasteiger partial charge < -0.3 is 19.3 Å². The molecular weight excluding hydrogens is 296 g/mol. The van der Waals surface area contributed by atoms with Crippen molar-refractivity contribution in [2.24, 2.45) is 0 Å². The van der Waals surface area contributed by atoms with Crippen molar-refractivity contribution >= 4 is 0 Å². The predicted molar refractivity (Wildman–Crippen MR) is 75.8 cm³/mol. The number of hydrogen-bond donors (Lipinski definition) is 1. The molecule has 124 valence electrons. The number of phenols is 1. The van der Waals surface area contributed by atoms with E-state index in [0.29, 0.717) is 64.8 Å². The van der Waals surface area contributed by atoms with Gasteiger partial charge in [0.1, 0.15) is 0 Å². The van der Waals surface area contributed by atoms with E-state index in [1.54, 1.807) is 0 Å². The van der Waals surface area contributed by atoms with Gasteiger partial charge in [0.05, 0.1) is 39.6 Å². The van der Waals surface area contributed by atoms with E-state index in [1.807, 2.05) is 4.90 Å². The van der Waals surface area contributed by atoms with E-state index in [2.05, 4.69) is 0 Å². The van der Waals surface area contributed by atoms with Crippen molar-refractivity contribution in [2.45, 2.75) is 6.54 Å². The molecule has 7 heteroatoms. The third-order valence-electron chi connectivity index (χ3n) is 3.33. The molecule has 1 saturated heterocycles. The van der Waals surface area contributed by atoms with Crippen molar-refractivity contribution in [3.05, 3.63) is 29.3 Å². The molecule has 22 heavy (non-hydrogen) atoms. The van der Waals surface area contributed by atoms with Crippen LogP contribution < -0.4 is 0 Å². The van der Waals surface area contributed by atoms with Crippen LogP contribution in [0.2, 0.25) is 0 Å². The fourth-order valence-electron chi connectivity index (χ4n) is 2.17. The van der Waals surface area contributed by atoms with Crippen LogP contribution >= 0.6 is 0 Å². The molecule has 2 rings (SSSR count). The second-order valence-electron chi connectivity index (χ2n) is 5.02. The van der Waals surface area contributed by atoms with Gasteiger partial charge in [-0.3, -0.25) is 4.90 Å². The van der Waals surface area contributed by atoms with Crippen molar-refractivity contribution in [1.82, 2.24) is 4.90 Å². The Kier molecular flexibility index (Phi) is 6.98. The first kappa shape index (κ1) is 17.1. The Balaban J connectivity index is 1.94. The van der Waals surface area contributed by atoms with E-state index in [-0.39, 0.29) is 0 Å². The zero-order chi connectivity index (χ0) is 15.8. The van der Waals surface area contributed by atoms with Crippen molar-refractivity contribution in [3.8, 4) is 5.75 Å². The summed E-state index contributed by atoms with van der Waals surface area (Å²) in [7, 11) is 0. The van der Waals surface area contributed by atoms with E-state index in [0.717, 1.165) is 12.1 Å². The first-order valence-electron chi connectivity index (χ1n) is 7.29. The molecule has 1 aliphatic heterocycles. The zero-order valence-electron chi connectivity index (χ0n) is 12.4. The summed E-state index contributed by atoms with van der Waals surface area (Å²) in [6.45, 7) is 4.68. The van der Waals surface area contributed by atoms with Gasteiger partial charge in [0.2, 0.25) is 0 Å². The Morgan fingerprint density at radius 2 is 1.32 bits per heavy atom. The highest BCUT2D eigenvalue weighted by molar-refractivity contribution is 5.29. The minimum Gasteiger partial charge on any atom is -0.503 e. The van der Waals surface area contributed by atoms with Crippen LogP contribution in [0.1, 0.15) is 5.56 Å². The molecule has 0 radical (unpaired) electrons. The minimum absolute atomic E-state index is 0.358. The van der Waals surface area contributed by atoms with Crippen molar-refractivity contribution in [3.63, 3.8) is 0 Å². The van der Waals surface area contributed by atoms with Crippen molar-refractivity contribution < 1.29 is 28.1 Å². The molecule has 0 amide bonds. The molecule has 0 saturated carbocycles. The Bertz CT molecular complexity index is 438. The normalized spacial score (nSPS) is 19.4. The van der Waals surface area contributed by atoms with E-state index in [1.165, 1.54) is 0 Å². The Labute approximate surface area is 128 Å². The lowest BCUT2D eigenvalue weighted by atomic mass is 10.2. The van der Waals surface area contributed by atoms with Gasteiger partial charge in [-0.25, -0.2) is 8.78 Å². The monoisotopic (exact) mass is 317 g/mol. The van der Waals surface area contributed by atoms with Crippen LogP contribution in [0.15, 0.2) is 12.1 Å². The van der Waals surface area contributed by atoms with Crippen LogP contribution in [0.3, 0.4) is 0 Å². The quantitative estimate of drug-likeness (QED) is 0.897. The van der Waals surface area contributed by atoms with Crippen LogP contribution in [0.4, 0.5) is 8.78 Å². The molecule has 0 unspecified atom stereocenters. The van der Waals surface area contributed by atoms with Gasteiger partial charge in [0, 0.05) is 19.6 Å². The number of hydrogen-bond acceptors (Lipinski definition) is 5. The molecule has 0 aliphatic carbocycles. The highest BCUT2D eigenvalue weighted by atomic mass is 19.1. The van der Waals surface area contributed by atoms with E-state index >= 15 is 0 Å². The number of nitrogens with zero attached hydrogens (tertiary/aromatic N) is 1. The molecule has 1 aliphatic rings. The number of ether oxygens (including phenoxy) is 3. The van der Waals surface area contributed by atoms with Gasteiger partial charge in [0.15, 0.2) is 17.4 Å². The third-order valence-corrected chi connectivity index (χ3v) is 3.33. The standard InChI is InChI=1S/C15H21F2NO4/c16-13-9-12(10-14(17)15(13)19)11-18-1-3-20-5-7-22-8-6-21-4-2-18/h9-10,19H,1-8,11H2. The predicted octanol–water partition coefficient (Wildman–Crippen LogP) is 1.54. The SMILES string of the molecule is Oc1c(F)cc(CN2CCOCCOCCOCC2)cc1F. The zero-order valence-corrected chi connectivity index (χ0v) is 12.4. The number of aromatic hydroxyl groups is 1. The van der Waals surface area contributed by atoms with Crippen molar-refractivity contribution in [2.75, 3.05) is 52.7 Å². The first-order chi connectivity index (χ1) is 10.7. The number of rotatable bonds is 2. The summed E-state index contributed by atoms with van der Waals surface area (Å²) < 4.78 is 43.0. The highest BCUT2D eigenvalue weighted by Gasteiger charge is 2.13. The molecule has 5 nitrogen and oxygen atoms in total. The fourth-order valence-corrected chi connectivity index (χ4v) is 2.17. The lowest BCUT2D eigenvalue weighted by Crippen LogP contribution is -2.32. The summed E-state index contributed by atoms with van der Waals surface area (Å²) in [5.41, 5.74) is 0.461. The van der Waals surface area contributed by atoms with Crippen LogP contribution in [-0.2, 0) is 20.8 Å². The largest absolute Gasteiger partial charge is 0.503 e. The molecule has 1 N–H and O–H groups in total. The van der Waals surface area contributed by atoms with Crippen LogP contribution in [0.25, 0.3) is 0 Å². The van der Waals surface area contributed by atoms with Gasteiger partial charge >= 0.3 is 0 Å². The van der Waals surface area contributed by atoms with E-state index in [4.69, 9.17) is 19.3 Å². The number of halogens is 2. The second kappa shape index (κ2) is 8.99. The van der Waals surface area contributed by atoms with Gasteiger partial charge in [-0.1, -0.05) is 0 Å². The molecule has 1 aromatic carbocycles. The van der Waals surface area contributed by atoms with Gasteiger partial charge in [-0.15, -0.1) is 0 Å². The average molecular weight is 317 g/mol. The molecular formula is C15H21F2NO4. The fraction of sp³-hybridized carbons (Fsp3) is 0.600. The smallest absolute Gasteiger partial charge is 0.187 e.